The van der Waals surface area contributed by atoms with Crippen molar-refractivity contribution in [1.82, 2.24) is 0 Å². The zero-order chi connectivity index (χ0) is 11.6. The molecule has 0 atom stereocenters. The molecule has 7 heteroatoms. The van der Waals surface area contributed by atoms with Gasteiger partial charge in [-0.15, -0.1) is 0 Å². The maximum atomic E-state index is 10.6. The van der Waals surface area contributed by atoms with E-state index in [4.69, 9.17) is 15.3 Å². The van der Waals surface area contributed by atoms with Crippen molar-refractivity contribution in [1.29, 1.82) is 0 Å². The zero-order valence-corrected chi connectivity index (χ0v) is 7.30. The van der Waals surface area contributed by atoms with E-state index in [0.29, 0.717) is 0 Å². The summed E-state index contributed by atoms with van der Waals surface area (Å²) in [5.74, 6) is -4.20. The fraction of sp³-hybridized carbons (Fsp3) is 0. The van der Waals surface area contributed by atoms with Crippen molar-refractivity contribution in [2.45, 2.75) is 0 Å². The van der Waals surface area contributed by atoms with Crippen LogP contribution in [0.4, 0.5) is 0 Å². The standard InChI is InChI=1S/C9H6O6.Mg.2H/c10-7(11)4-1-2-5(8(12)13)6(3-4)9(14)15;;;/h1-3H,(H,10,11)(H,12,13)(H,14,15);;;. The van der Waals surface area contributed by atoms with Crippen LogP contribution in [-0.2, 0) is 0 Å². The van der Waals surface area contributed by atoms with E-state index < -0.39 is 29.0 Å². The molecule has 0 aliphatic carbocycles. The molecule has 16 heavy (non-hydrogen) atoms. The molecule has 0 heterocycles. The Hall–Kier alpha value is -1.60. The van der Waals surface area contributed by atoms with Crippen LogP contribution in [0.1, 0.15) is 31.1 Å². The summed E-state index contributed by atoms with van der Waals surface area (Å²) in [6, 6.07) is 2.81. The fourth-order valence-electron chi connectivity index (χ4n) is 1.04. The Balaban J connectivity index is 0.00000225. The minimum absolute atomic E-state index is 0. The van der Waals surface area contributed by atoms with Crippen LogP contribution < -0.4 is 0 Å². The summed E-state index contributed by atoms with van der Waals surface area (Å²) in [4.78, 5) is 31.8. The van der Waals surface area contributed by atoms with E-state index in [1.807, 2.05) is 0 Å². The highest BCUT2D eigenvalue weighted by molar-refractivity contribution is 6.03. The highest BCUT2D eigenvalue weighted by atomic mass is 24.3. The van der Waals surface area contributed by atoms with Gasteiger partial charge in [-0.3, -0.25) is 0 Å². The van der Waals surface area contributed by atoms with Gasteiger partial charge in [0.2, 0.25) is 0 Å². The average molecular weight is 236 g/mol. The molecule has 0 fully saturated rings. The third-order valence-electron chi connectivity index (χ3n) is 1.73. The Morgan fingerprint density at radius 1 is 0.812 bits per heavy atom. The molecule has 0 aromatic heterocycles. The number of benzene rings is 1. The summed E-state index contributed by atoms with van der Waals surface area (Å²) >= 11 is 0. The van der Waals surface area contributed by atoms with Crippen molar-refractivity contribution in [2.75, 3.05) is 0 Å². The van der Waals surface area contributed by atoms with Crippen LogP contribution in [0.25, 0.3) is 0 Å². The Morgan fingerprint density at radius 3 is 1.69 bits per heavy atom. The lowest BCUT2D eigenvalue weighted by molar-refractivity contribution is 0.0649. The van der Waals surface area contributed by atoms with Gasteiger partial charge in [-0.1, -0.05) is 0 Å². The molecule has 6 nitrogen and oxygen atoms in total. The first kappa shape index (κ1) is 14.4. The van der Waals surface area contributed by atoms with Crippen molar-refractivity contribution in [3.8, 4) is 0 Å². The summed E-state index contributed by atoms with van der Waals surface area (Å²) in [6.45, 7) is 0. The van der Waals surface area contributed by atoms with Gasteiger partial charge < -0.3 is 15.3 Å². The van der Waals surface area contributed by atoms with Crippen molar-refractivity contribution in [3.63, 3.8) is 0 Å². The van der Waals surface area contributed by atoms with Gasteiger partial charge in [0.05, 0.1) is 16.7 Å². The number of rotatable bonds is 3. The predicted molar refractivity (Wildman–Crippen MR) is 55.9 cm³/mol. The SMILES string of the molecule is O=C(O)c1ccc(C(=O)O)c(C(=O)O)c1.[MgH2]. The summed E-state index contributed by atoms with van der Waals surface area (Å²) < 4.78 is 0. The second-order valence-electron chi connectivity index (χ2n) is 2.68. The monoisotopic (exact) mass is 236 g/mol. The van der Waals surface area contributed by atoms with E-state index in [9.17, 15) is 14.4 Å². The molecule has 1 aromatic rings. The molecule has 0 aliphatic heterocycles. The lowest BCUT2D eigenvalue weighted by Gasteiger charge is -2.02. The molecule has 0 saturated heterocycles. The molecule has 3 N–H and O–H groups in total. The van der Waals surface area contributed by atoms with E-state index in [2.05, 4.69) is 0 Å². The van der Waals surface area contributed by atoms with Crippen LogP contribution >= 0.6 is 0 Å². The van der Waals surface area contributed by atoms with Crippen molar-refractivity contribution >= 4 is 41.0 Å². The topological polar surface area (TPSA) is 112 Å². The van der Waals surface area contributed by atoms with Gasteiger partial charge >= 0.3 is 41.0 Å². The third kappa shape index (κ3) is 2.94. The van der Waals surface area contributed by atoms with E-state index >= 15 is 0 Å². The van der Waals surface area contributed by atoms with Gasteiger partial charge in [-0.05, 0) is 18.2 Å². The highest BCUT2D eigenvalue weighted by Gasteiger charge is 2.17. The zero-order valence-electron chi connectivity index (χ0n) is 7.30. The molecule has 82 valence electrons. The molecular formula is C9H8MgO6. The quantitative estimate of drug-likeness (QED) is 0.630. The molecule has 0 saturated carbocycles. The van der Waals surface area contributed by atoms with Gasteiger partial charge in [0, 0.05) is 0 Å². The molecule has 0 bridgehead atoms. The fourth-order valence-corrected chi connectivity index (χ4v) is 1.04. The van der Waals surface area contributed by atoms with Crippen LogP contribution in [0, 0.1) is 0 Å². The Kier molecular flexibility index (Phi) is 4.92. The van der Waals surface area contributed by atoms with Crippen molar-refractivity contribution < 1.29 is 29.7 Å². The molecule has 0 unspecified atom stereocenters. The number of carboxylic acid groups (broad SMARTS) is 3. The molecular weight excluding hydrogens is 228 g/mol. The van der Waals surface area contributed by atoms with E-state index in [0.717, 1.165) is 18.2 Å². The van der Waals surface area contributed by atoms with Crippen LogP contribution in [0.3, 0.4) is 0 Å². The van der Waals surface area contributed by atoms with Gasteiger partial charge in [-0.2, -0.15) is 0 Å². The first-order chi connectivity index (χ1) is 6.93. The predicted octanol–water partition coefficient (Wildman–Crippen LogP) is -0.135. The number of aromatic carboxylic acids is 3. The summed E-state index contributed by atoms with van der Waals surface area (Å²) in [6.07, 6.45) is 0. The smallest absolute Gasteiger partial charge is 0.336 e. The van der Waals surface area contributed by atoms with Crippen LogP contribution in [0.15, 0.2) is 18.2 Å². The first-order valence-corrected chi connectivity index (χ1v) is 3.77. The Labute approximate surface area is 106 Å². The highest BCUT2D eigenvalue weighted by Crippen LogP contribution is 2.12. The molecule has 0 spiro atoms. The lowest BCUT2D eigenvalue weighted by atomic mass is 10.0. The minimum Gasteiger partial charge on any atom is -0.478 e. The molecule has 0 radical (unpaired) electrons. The summed E-state index contributed by atoms with van der Waals surface area (Å²) in [5.41, 5.74) is -1.24. The lowest BCUT2D eigenvalue weighted by Crippen LogP contribution is -2.10. The van der Waals surface area contributed by atoms with E-state index in [-0.39, 0.29) is 28.6 Å². The number of hydrogen-bond acceptors (Lipinski definition) is 3. The summed E-state index contributed by atoms with van der Waals surface area (Å²) in [5, 5.41) is 25.9. The van der Waals surface area contributed by atoms with E-state index in [1.54, 1.807) is 0 Å². The molecule has 0 aliphatic rings. The van der Waals surface area contributed by atoms with Crippen LogP contribution in [0.2, 0.25) is 0 Å². The molecule has 1 rings (SSSR count). The van der Waals surface area contributed by atoms with Crippen LogP contribution in [0.5, 0.6) is 0 Å². The van der Waals surface area contributed by atoms with E-state index in [1.165, 1.54) is 0 Å². The van der Waals surface area contributed by atoms with Crippen LogP contribution in [-0.4, -0.2) is 56.3 Å². The average Bonchev–Trinajstić information content (AvgIpc) is 2.16. The second-order valence-corrected chi connectivity index (χ2v) is 2.68. The Bertz CT molecular complexity index is 453. The first-order valence-electron chi connectivity index (χ1n) is 3.77. The minimum atomic E-state index is -1.48. The number of hydrogen-bond donors (Lipinski definition) is 3. The van der Waals surface area contributed by atoms with Gasteiger partial charge in [0.15, 0.2) is 0 Å². The second kappa shape index (κ2) is 5.47. The van der Waals surface area contributed by atoms with Crippen molar-refractivity contribution in [2.24, 2.45) is 0 Å². The largest absolute Gasteiger partial charge is 0.478 e. The Morgan fingerprint density at radius 2 is 1.31 bits per heavy atom. The number of carboxylic acids is 3. The van der Waals surface area contributed by atoms with Crippen molar-refractivity contribution in [3.05, 3.63) is 34.9 Å². The number of carbonyl (C=O) groups is 3. The maximum absolute atomic E-state index is 10.6. The summed E-state index contributed by atoms with van der Waals surface area (Å²) in [7, 11) is 0. The molecule has 1 aromatic carbocycles. The molecule has 0 amide bonds. The van der Waals surface area contributed by atoms with Gasteiger partial charge in [-0.25, -0.2) is 14.4 Å². The maximum Gasteiger partial charge on any atom is 0.336 e. The van der Waals surface area contributed by atoms with Gasteiger partial charge in [0.25, 0.3) is 0 Å². The third-order valence-corrected chi connectivity index (χ3v) is 1.73. The normalized spacial score (nSPS) is 9.00. The van der Waals surface area contributed by atoms with Gasteiger partial charge in [0.1, 0.15) is 0 Å².